The van der Waals surface area contributed by atoms with Crippen molar-refractivity contribution in [1.29, 1.82) is 0 Å². The maximum atomic E-state index is 12.1. The van der Waals surface area contributed by atoms with Crippen molar-refractivity contribution in [2.24, 2.45) is 0 Å². The molecule has 1 aromatic carbocycles. The van der Waals surface area contributed by atoms with Gasteiger partial charge in [-0.2, -0.15) is 0 Å². The van der Waals surface area contributed by atoms with Gasteiger partial charge in [-0.15, -0.1) is 11.3 Å². The third kappa shape index (κ3) is 4.54. The summed E-state index contributed by atoms with van der Waals surface area (Å²) >= 11 is 7.86. The molecule has 1 aliphatic heterocycles. The first-order valence-corrected chi connectivity index (χ1v) is 9.65. The van der Waals surface area contributed by atoms with Gasteiger partial charge in [0.25, 0.3) is 0 Å². The van der Waals surface area contributed by atoms with E-state index in [1.807, 2.05) is 6.92 Å². The Kier molecular flexibility index (Phi) is 6.38. The highest BCUT2D eigenvalue weighted by Gasteiger charge is 2.25. The van der Waals surface area contributed by atoms with E-state index in [-0.39, 0.29) is 23.7 Å². The van der Waals surface area contributed by atoms with Crippen molar-refractivity contribution in [2.75, 3.05) is 33.4 Å². The first kappa shape index (κ1) is 20.4. The molecule has 1 saturated heterocycles. The molecule has 1 aromatic heterocycles. The second-order valence-electron chi connectivity index (χ2n) is 6.13. The van der Waals surface area contributed by atoms with Gasteiger partial charge in [-0.1, -0.05) is 11.6 Å². The zero-order valence-corrected chi connectivity index (χ0v) is 16.9. The van der Waals surface area contributed by atoms with Gasteiger partial charge in [0.15, 0.2) is 0 Å². The van der Waals surface area contributed by atoms with Crippen LogP contribution in [-0.2, 0) is 9.47 Å². The molecule has 0 spiro atoms. The average molecular weight is 427 g/mol. The normalized spacial score (nSPS) is 16.7. The van der Waals surface area contributed by atoms with Crippen molar-refractivity contribution in [3.63, 3.8) is 0 Å². The van der Waals surface area contributed by atoms with Crippen molar-refractivity contribution < 1.29 is 28.9 Å². The second-order valence-corrected chi connectivity index (χ2v) is 7.75. The lowest BCUT2D eigenvalue weighted by atomic mass is 10.1. The minimum atomic E-state index is -0.991. The van der Waals surface area contributed by atoms with Crippen LogP contribution in [0.4, 0.5) is 4.79 Å². The highest BCUT2D eigenvalue weighted by atomic mass is 35.5. The Hall–Kier alpha value is -2.36. The molecular formula is C18H19ClN2O6S. The predicted octanol–water partition coefficient (Wildman–Crippen LogP) is 3.32. The van der Waals surface area contributed by atoms with Crippen LogP contribution in [-0.4, -0.2) is 66.6 Å². The van der Waals surface area contributed by atoms with Crippen molar-refractivity contribution in [3.05, 3.63) is 33.8 Å². The van der Waals surface area contributed by atoms with Gasteiger partial charge in [0.2, 0.25) is 0 Å². The van der Waals surface area contributed by atoms with Gasteiger partial charge < -0.3 is 24.2 Å². The third-order valence-electron chi connectivity index (χ3n) is 4.15. The SMILES string of the molecule is COC(=O)c1cc(OC[C@H]2CN(C(=O)O)CCO2)cc(-c2ncc(C)s2)c1Cl. The predicted molar refractivity (Wildman–Crippen MR) is 103 cm³/mol. The van der Waals surface area contributed by atoms with E-state index in [1.165, 1.54) is 29.4 Å². The first-order chi connectivity index (χ1) is 13.4. The summed E-state index contributed by atoms with van der Waals surface area (Å²) < 4.78 is 16.2. The van der Waals surface area contributed by atoms with E-state index < -0.39 is 18.2 Å². The lowest BCUT2D eigenvalue weighted by Crippen LogP contribution is -2.47. The topological polar surface area (TPSA) is 98.2 Å². The molecule has 0 aliphatic carbocycles. The van der Waals surface area contributed by atoms with E-state index in [0.29, 0.717) is 29.5 Å². The molecule has 2 heterocycles. The van der Waals surface area contributed by atoms with Gasteiger partial charge in [-0.25, -0.2) is 14.6 Å². The molecule has 1 atom stereocenters. The van der Waals surface area contributed by atoms with Crippen LogP contribution in [0, 0.1) is 6.92 Å². The van der Waals surface area contributed by atoms with Crippen LogP contribution >= 0.6 is 22.9 Å². The van der Waals surface area contributed by atoms with Gasteiger partial charge in [0.05, 0.1) is 30.8 Å². The fourth-order valence-corrected chi connectivity index (χ4v) is 3.88. The maximum Gasteiger partial charge on any atom is 0.407 e. The van der Waals surface area contributed by atoms with Crippen LogP contribution in [0.2, 0.25) is 5.02 Å². The van der Waals surface area contributed by atoms with Crippen LogP contribution in [0.25, 0.3) is 10.6 Å². The summed E-state index contributed by atoms with van der Waals surface area (Å²) in [4.78, 5) is 29.9. The minimum Gasteiger partial charge on any atom is -0.491 e. The summed E-state index contributed by atoms with van der Waals surface area (Å²) in [6, 6.07) is 3.20. The fraction of sp³-hybridized carbons (Fsp3) is 0.389. The lowest BCUT2D eigenvalue weighted by Gasteiger charge is -2.30. The monoisotopic (exact) mass is 426 g/mol. The van der Waals surface area contributed by atoms with E-state index in [9.17, 15) is 9.59 Å². The van der Waals surface area contributed by atoms with E-state index in [4.69, 9.17) is 30.9 Å². The molecule has 2 aromatic rings. The standard InChI is InChI=1S/C18H19ClN2O6S/c1-10-7-20-16(28-10)13-5-11(6-14(15(13)19)17(22)25-2)27-9-12-8-21(18(23)24)3-4-26-12/h5-7,12H,3-4,8-9H2,1-2H3,(H,23,24)/t12-/m1/s1. The molecule has 8 nitrogen and oxygen atoms in total. The number of aryl methyl sites for hydroxylation is 1. The van der Waals surface area contributed by atoms with Crippen LogP contribution in [0.1, 0.15) is 15.2 Å². The van der Waals surface area contributed by atoms with E-state index in [2.05, 4.69) is 4.98 Å². The van der Waals surface area contributed by atoms with Crippen molar-refractivity contribution >= 4 is 35.0 Å². The number of halogens is 1. The molecule has 1 aliphatic rings. The Morgan fingerprint density at radius 2 is 2.25 bits per heavy atom. The number of methoxy groups -OCH3 is 1. The van der Waals surface area contributed by atoms with Gasteiger partial charge >= 0.3 is 12.1 Å². The summed E-state index contributed by atoms with van der Waals surface area (Å²) in [5.74, 6) is -0.195. The summed E-state index contributed by atoms with van der Waals surface area (Å²) in [5.41, 5.74) is 0.732. The minimum absolute atomic E-state index is 0.127. The number of benzene rings is 1. The molecule has 1 N–H and O–H groups in total. The largest absolute Gasteiger partial charge is 0.491 e. The summed E-state index contributed by atoms with van der Waals surface area (Å²) in [6.45, 7) is 2.89. The van der Waals surface area contributed by atoms with E-state index >= 15 is 0 Å². The van der Waals surface area contributed by atoms with Crippen molar-refractivity contribution in [3.8, 4) is 16.3 Å². The molecule has 3 rings (SSSR count). The van der Waals surface area contributed by atoms with E-state index in [0.717, 1.165) is 4.88 Å². The Morgan fingerprint density at radius 3 is 2.89 bits per heavy atom. The number of rotatable bonds is 5. The number of morpholine rings is 1. The smallest absolute Gasteiger partial charge is 0.407 e. The number of hydrogen-bond acceptors (Lipinski definition) is 7. The van der Waals surface area contributed by atoms with Gasteiger partial charge in [-0.05, 0) is 19.1 Å². The fourth-order valence-electron chi connectivity index (χ4n) is 2.76. The number of esters is 1. The molecule has 0 unspecified atom stereocenters. The Labute approximate surface area is 170 Å². The highest BCUT2D eigenvalue weighted by Crippen LogP contribution is 2.37. The molecule has 28 heavy (non-hydrogen) atoms. The summed E-state index contributed by atoms with van der Waals surface area (Å²) in [5, 5.41) is 10.0. The molecule has 1 amide bonds. The second kappa shape index (κ2) is 8.76. The summed E-state index contributed by atoms with van der Waals surface area (Å²) in [6.07, 6.45) is 0.319. The zero-order valence-electron chi connectivity index (χ0n) is 15.3. The van der Waals surface area contributed by atoms with Crippen molar-refractivity contribution in [2.45, 2.75) is 13.0 Å². The number of thiazole rings is 1. The van der Waals surface area contributed by atoms with Gasteiger partial charge in [0, 0.05) is 23.2 Å². The molecule has 150 valence electrons. The van der Waals surface area contributed by atoms with Crippen LogP contribution in [0.3, 0.4) is 0 Å². The number of carboxylic acid groups (broad SMARTS) is 1. The maximum absolute atomic E-state index is 12.1. The number of nitrogens with zero attached hydrogens (tertiary/aromatic N) is 2. The third-order valence-corrected chi connectivity index (χ3v) is 5.50. The number of ether oxygens (including phenoxy) is 3. The number of hydrogen-bond donors (Lipinski definition) is 1. The van der Waals surface area contributed by atoms with Gasteiger partial charge in [-0.3, -0.25) is 0 Å². The Balaban J connectivity index is 1.84. The van der Waals surface area contributed by atoms with Crippen LogP contribution in [0.15, 0.2) is 18.3 Å². The number of carbonyl (C=O) groups is 2. The number of carbonyl (C=O) groups excluding carboxylic acids is 1. The Morgan fingerprint density at radius 1 is 1.46 bits per heavy atom. The lowest BCUT2D eigenvalue weighted by molar-refractivity contribution is -0.0412. The molecule has 0 radical (unpaired) electrons. The highest BCUT2D eigenvalue weighted by molar-refractivity contribution is 7.15. The summed E-state index contributed by atoms with van der Waals surface area (Å²) in [7, 11) is 1.27. The first-order valence-electron chi connectivity index (χ1n) is 8.46. The Bertz CT molecular complexity index is 887. The molecule has 0 bridgehead atoms. The number of aromatic nitrogens is 1. The number of amides is 1. The molecular weight excluding hydrogens is 408 g/mol. The van der Waals surface area contributed by atoms with Gasteiger partial charge in [0.1, 0.15) is 23.5 Å². The van der Waals surface area contributed by atoms with E-state index in [1.54, 1.807) is 12.3 Å². The van der Waals surface area contributed by atoms with Crippen LogP contribution < -0.4 is 4.74 Å². The quantitative estimate of drug-likeness (QED) is 0.732. The van der Waals surface area contributed by atoms with Crippen LogP contribution in [0.5, 0.6) is 5.75 Å². The zero-order chi connectivity index (χ0) is 20.3. The average Bonchev–Trinajstić information content (AvgIpc) is 3.12. The van der Waals surface area contributed by atoms with Crippen molar-refractivity contribution in [1.82, 2.24) is 9.88 Å². The molecule has 1 fully saturated rings. The molecule has 0 saturated carbocycles. The molecule has 10 heteroatoms.